The molecule has 0 bridgehead atoms. The minimum atomic E-state index is -0.396. The molecule has 27 heavy (non-hydrogen) atoms. The van der Waals surface area contributed by atoms with Gasteiger partial charge in [-0.2, -0.15) is 0 Å². The van der Waals surface area contributed by atoms with Crippen molar-refractivity contribution in [2.75, 3.05) is 14.2 Å². The standard InChI is InChI=1S/C21H18N2O3S/c1-23-19(24)18(10-6-9-15-7-4-3-5-8-15)27-21(23)22-17-13-11-16(12-14-17)20(25)26-2/h3-14H,1-2H3/b9-6-,18-10+,22-21?. The summed E-state index contributed by atoms with van der Waals surface area (Å²) in [6.45, 7) is 0. The fourth-order valence-electron chi connectivity index (χ4n) is 2.38. The van der Waals surface area contributed by atoms with E-state index in [0.717, 1.165) is 5.56 Å². The van der Waals surface area contributed by atoms with Gasteiger partial charge in [0.05, 0.1) is 23.3 Å². The van der Waals surface area contributed by atoms with Crippen LogP contribution >= 0.6 is 11.8 Å². The number of rotatable bonds is 4. The first-order valence-corrected chi connectivity index (χ1v) is 9.06. The van der Waals surface area contributed by atoms with Crippen molar-refractivity contribution < 1.29 is 14.3 Å². The van der Waals surface area contributed by atoms with E-state index in [1.54, 1.807) is 37.4 Å². The molecule has 3 rings (SSSR count). The Balaban J connectivity index is 1.75. The van der Waals surface area contributed by atoms with Crippen LogP contribution in [0.3, 0.4) is 0 Å². The Morgan fingerprint density at radius 3 is 2.48 bits per heavy atom. The summed E-state index contributed by atoms with van der Waals surface area (Å²) in [5.74, 6) is -0.491. The molecule has 0 aliphatic carbocycles. The zero-order valence-electron chi connectivity index (χ0n) is 15.0. The normalized spacial score (nSPS) is 17.3. The molecule has 1 saturated heterocycles. The average molecular weight is 378 g/mol. The molecule has 2 aromatic carbocycles. The number of esters is 1. The molecule has 0 unspecified atom stereocenters. The molecule has 136 valence electrons. The third-order valence-electron chi connectivity index (χ3n) is 3.85. The van der Waals surface area contributed by atoms with Crippen LogP contribution < -0.4 is 0 Å². The molecule has 1 amide bonds. The Kier molecular flexibility index (Phi) is 5.88. The zero-order valence-corrected chi connectivity index (χ0v) is 15.8. The first-order chi connectivity index (χ1) is 13.1. The number of ether oxygens (including phenoxy) is 1. The molecule has 0 saturated carbocycles. The van der Waals surface area contributed by atoms with Crippen LogP contribution in [0.4, 0.5) is 5.69 Å². The predicted octanol–water partition coefficient (Wildman–Crippen LogP) is 4.26. The average Bonchev–Trinajstić information content (AvgIpc) is 2.97. The molecule has 1 aliphatic heterocycles. The van der Waals surface area contributed by atoms with Gasteiger partial charge in [0, 0.05) is 7.05 Å². The van der Waals surface area contributed by atoms with Crippen LogP contribution in [-0.2, 0) is 9.53 Å². The summed E-state index contributed by atoms with van der Waals surface area (Å²) in [6.07, 6.45) is 5.60. The third kappa shape index (κ3) is 4.54. The van der Waals surface area contributed by atoms with Crippen LogP contribution in [0.5, 0.6) is 0 Å². The van der Waals surface area contributed by atoms with Gasteiger partial charge in [-0.15, -0.1) is 0 Å². The SMILES string of the molecule is COC(=O)c1ccc(N=C2S/C(=C/C=C\c3ccccc3)C(=O)N2C)cc1. The maximum Gasteiger partial charge on any atom is 0.337 e. The van der Waals surface area contributed by atoms with Crippen molar-refractivity contribution in [2.45, 2.75) is 0 Å². The van der Waals surface area contributed by atoms with Crippen molar-refractivity contribution in [3.63, 3.8) is 0 Å². The van der Waals surface area contributed by atoms with Crippen LogP contribution in [-0.4, -0.2) is 36.1 Å². The largest absolute Gasteiger partial charge is 0.465 e. The minimum Gasteiger partial charge on any atom is -0.465 e. The number of hydrogen-bond donors (Lipinski definition) is 0. The lowest BCUT2D eigenvalue weighted by molar-refractivity contribution is -0.121. The summed E-state index contributed by atoms with van der Waals surface area (Å²) in [6, 6.07) is 16.6. The predicted molar refractivity (Wildman–Crippen MR) is 109 cm³/mol. The van der Waals surface area contributed by atoms with Gasteiger partial charge >= 0.3 is 5.97 Å². The second-order valence-electron chi connectivity index (χ2n) is 5.70. The van der Waals surface area contributed by atoms with E-state index in [1.165, 1.54) is 23.8 Å². The number of benzene rings is 2. The van der Waals surface area contributed by atoms with Gasteiger partial charge in [-0.1, -0.05) is 42.5 Å². The Hall–Kier alpha value is -3.12. The summed E-state index contributed by atoms with van der Waals surface area (Å²) < 4.78 is 4.68. The van der Waals surface area contributed by atoms with E-state index in [0.29, 0.717) is 21.3 Å². The van der Waals surface area contributed by atoms with Crippen molar-refractivity contribution >= 4 is 40.6 Å². The van der Waals surface area contributed by atoms with E-state index in [9.17, 15) is 9.59 Å². The molecule has 0 N–H and O–H groups in total. The minimum absolute atomic E-state index is 0.0948. The molecule has 1 aliphatic rings. The number of amides is 1. The summed E-state index contributed by atoms with van der Waals surface area (Å²) in [7, 11) is 3.03. The van der Waals surface area contributed by atoms with Crippen molar-refractivity contribution in [1.29, 1.82) is 0 Å². The lowest BCUT2D eigenvalue weighted by Crippen LogP contribution is -2.23. The highest BCUT2D eigenvalue weighted by Crippen LogP contribution is 2.31. The number of carbonyl (C=O) groups is 2. The van der Waals surface area contributed by atoms with E-state index < -0.39 is 5.97 Å². The topological polar surface area (TPSA) is 59.0 Å². The number of methoxy groups -OCH3 is 1. The molecule has 6 heteroatoms. The van der Waals surface area contributed by atoms with Crippen LogP contribution in [0.2, 0.25) is 0 Å². The number of nitrogens with zero attached hydrogens (tertiary/aromatic N) is 2. The van der Waals surface area contributed by atoms with Crippen molar-refractivity contribution in [1.82, 2.24) is 4.90 Å². The maximum absolute atomic E-state index is 12.4. The monoisotopic (exact) mass is 378 g/mol. The van der Waals surface area contributed by atoms with E-state index >= 15 is 0 Å². The highest BCUT2D eigenvalue weighted by atomic mass is 32.2. The molecule has 1 heterocycles. The van der Waals surface area contributed by atoms with Gasteiger partial charge in [-0.3, -0.25) is 9.69 Å². The molecular formula is C21H18N2O3S. The summed E-state index contributed by atoms with van der Waals surface area (Å²) in [4.78, 5) is 30.5. The Morgan fingerprint density at radius 2 is 1.81 bits per heavy atom. The van der Waals surface area contributed by atoms with Crippen LogP contribution in [0, 0.1) is 0 Å². The Morgan fingerprint density at radius 1 is 1.11 bits per heavy atom. The van der Waals surface area contributed by atoms with Crippen molar-refractivity contribution in [3.8, 4) is 0 Å². The highest BCUT2D eigenvalue weighted by Gasteiger charge is 2.29. The van der Waals surface area contributed by atoms with E-state index in [2.05, 4.69) is 9.73 Å². The van der Waals surface area contributed by atoms with E-state index in [4.69, 9.17) is 0 Å². The lowest BCUT2D eigenvalue weighted by atomic mass is 10.2. The smallest absolute Gasteiger partial charge is 0.337 e. The fraction of sp³-hybridized carbons (Fsp3) is 0.0952. The van der Waals surface area contributed by atoms with Gasteiger partial charge in [-0.25, -0.2) is 9.79 Å². The summed E-state index contributed by atoms with van der Waals surface area (Å²) >= 11 is 1.32. The maximum atomic E-state index is 12.4. The molecule has 0 atom stereocenters. The zero-order chi connectivity index (χ0) is 19.2. The van der Waals surface area contributed by atoms with E-state index in [-0.39, 0.29) is 5.91 Å². The number of allylic oxidation sites excluding steroid dienone is 2. The van der Waals surface area contributed by atoms with Crippen LogP contribution in [0.15, 0.2) is 76.6 Å². The molecule has 5 nitrogen and oxygen atoms in total. The third-order valence-corrected chi connectivity index (χ3v) is 4.93. The van der Waals surface area contributed by atoms with E-state index in [1.807, 2.05) is 42.5 Å². The summed E-state index contributed by atoms with van der Waals surface area (Å²) in [5.41, 5.74) is 2.18. The van der Waals surface area contributed by atoms with Gasteiger partial charge in [0.2, 0.25) is 0 Å². The number of aliphatic imine (C=N–C) groups is 1. The van der Waals surface area contributed by atoms with Gasteiger partial charge in [0.15, 0.2) is 5.17 Å². The van der Waals surface area contributed by atoms with Gasteiger partial charge in [-0.05, 0) is 47.7 Å². The van der Waals surface area contributed by atoms with Crippen LogP contribution in [0.1, 0.15) is 15.9 Å². The Bertz CT molecular complexity index is 932. The second kappa shape index (κ2) is 8.51. The number of amidine groups is 1. The Labute approximate surface area is 162 Å². The second-order valence-corrected chi connectivity index (χ2v) is 6.71. The van der Waals surface area contributed by atoms with Gasteiger partial charge in [0.25, 0.3) is 5.91 Å². The fourth-order valence-corrected chi connectivity index (χ4v) is 3.32. The quantitative estimate of drug-likeness (QED) is 0.589. The molecule has 0 radical (unpaired) electrons. The number of thioether (sulfide) groups is 1. The van der Waals surface area contributed by atoms with Gasteiger partial charge < -0.3 is 4.74 Å². The molecular weight excluding hydrogens is 360 g/mol. The molecule has 2 aromatic rings. The van der Waals surface area contributed by atoms with Crippen LogP contribution in [0.25, 0.3) is 6.08 Å². The number of hydrogen-bond acceptors (Lipinski definition) is 5. The molecule has 0 spiro atoms. The van der Waals surface area contributed by atoms with Crippen molar-refractivity contribution in [2.24, 2.45) is 4.99 Å². The first-order valence-electron chi connectivity index (χ1n) is 8.25. The number of likely N-dealkylation sites (N-methyl/N-ethyl adjacent to an activating group) is 1. The first kappa shape index (κ1) is 18.7. The number of carbonyl (C=O) groups excluding carboxylic acids is 2. The summed E-state index contributed by atoms with van der Waals surface area (Å²) in [5, 5.41) is 0.588. The van der Waals surface area contributed by atoms with Crippen molar-refractivity contribution in [3.05, 3.63) is 82.8 Å². The highest BCUT2D eigenvalue weighted by molar-refractivity contribution is 8.18. The molecule has 0 aromatic heterocycles. The molecule has 1 fully saturated rings. The lowest BCUT2D eigenvalue weighted by Gasteiger charge is -2.07. The van der Waals surface area contributed by atoms with Gasteiger partial charge in [0.1, 0.15) is 0 Å².